The number of piperidine rings is 1. The van der Waals surface area contributed by atoms with E-state index in [2.05, 4.69) is 15.5 Å². The summed E-state index contributed by atoms with van der Waals surface area (Å²) in [5, 5.41) is 8.14. The summed E-state index contributed by atoms with van der Waals surface area (Å²) in [7, 11) is 0. The van der Waals surface area contributed by atoms with Gasteiger partial charge in [-0.1, -0.05) is 12.5 Å². The van der Waals surface area contributed by atoms with Crippen LogP contribution in [0.4, 0.5) is 4.79 Å². The standard InChI is InChI=1S/C14H21N3OS/c18-14(15-10-11-4-3-9-19-11)16-12-6-8-17-7-2-1-5-13(12)17/h3-4,9,12-13H,1-2,5-8,10H2,(H2,15,16,18)/t12-,13-/m0/s1. The third-order valence-electron chi connectivity index (χ3n) is 4.18. The molecule has 0 aromatic carbocycles. The Labute approximate surface area is 118 Å². The number of rotatable bonds is 3. The highest BCUT2D eigenvalue weighted by atomic mass is 32.1. The molecular weight excluding hydrogens is 258 g/mol. The highest BCUT2D eigenvalue weighted by Crippen LogP contribution is 2.26. The Kier molecular flexibility index (Phi) is 4.03. The maximum atomic E-state index is 11.9. The fraction of sp³-hybridized carbons (Fsp3) is 0.643. The molecule has 2 atom stereocenters. The van der Waals surface area contributed by atoms with Crippen molar-refractivity contribution in [2.45, 2.75) is 44.3 Å². The predicted molar refractivity (Wildman–Crippen MR) is 77.3 cm³/mol. The van der Waals surface area contributed by atoms with Crippen molar-refractivity contribution >= 4 is 17.4 Å². The van der Waals surface area contributed by atoms with E-state index in [1.54, 1.807) is 11.3 Å². The van der Waals surface area contributed by atoms with E-state index < -0.39 is 0 Å². The van der Waals surface area contributed by atoms with Gasteiger partial charge in [0.15, 0.2) is 0 Å². The lowest BCUT2D eigenvalue weighted by Crippen LogP contribution is -2.49. The van der Waals surface area contributed by atoms with Crippen LogP contribution in [0.3, 0.4) is 0 Å². The molecule has 0 saturated carbocycles. The van der Waals surface area contributed by atoms with Gasteiger partial charge in [-0.05, 0) is 37.3 Å². The molecule has 2 saturated heterocycles. The van der Waals surface area contributed by atoms with Gasteiger partial charge in [-0.15, -0.1) is 11.3 Å². The first-order valence-corrected chi connectivity index (χ1v) is 8.02. The van der Waals surface area contributed by atoms with E-state index in [-0.39, 0.29) is 6.03 Å². The van der Waals surface area contributed by atoms with Gasteiger partial charge in [-0.25, -0.2) is 4.79 Å². The van der Waals surface area contributed by atoms with Crippen molar-refractivity contribution in [3.63, 3.8) is 0 Å². The number of urea groups is 1. The maximum Gasteiger partial charge on any atom is 0.315 e. The van der Waals surface area contributed by atoms with Gasteiger partial charge in [0.05, 0.1) is 6.54 Å². The fourth-order valence-corrected chi connectivity index (χ4v) is 3.86. The van der Waals surface area contributed by atoms with Crippen LogP contribution < -0.4 is 10.6 Å². The van der Waals surface area contributed by atoms with Gasteiger partial charge < -0.3 is 10.6 Å². The molecule has 4 nitrogen and oxygen atoms in total. The molecule has 0 radical (unpaired) electrons. The van der Waals surface area contributed by atoms with Gasteiger partial charge in [0.25, 0.3) is 0 Å². The third kappa shape index (κ3) is 3.09. The Morgan fingerprint density at radius 1 is 1.37 bits per heavy atom. The van der Waals surface area contributed by atoms with E-state index in [1.807, 2.05) is 17.5 Å². The van der Waals surface area contributed by atoms with Crippen molar-refractivity contribution < 1.29 is 4.79 Å². The Balaban J connectivity index is 1.47. The van der Waals surface area contributed by atoms with Crippen LogP contribution in [0.1, 0.15) is 30.6 Å². The van der Waals surface area contributed by atoms with Crippen LogP contribution in [0, 0.1) is 0 Å². The van der Waals surface area contributed by atoms with Gasteiger partial charge in [-0.2, -0.15) is 0 Å². The number of fused-ring (bicyclic) bond motifs is 1. The summed E-state index contributed by atoms with van der Waals surface area (Å²) in [5.74, 6) is 0. The summed E-state index contributed by atoms with van der Waals surface area (Å²) in [6, 6.07) is 4.94. The van der Waals surface area contributed by atoms with Gasteiger partial charge in [0.1, 0.15) is 0 Å². The summed E-state index contributed by atoms with van der Waals surface area (Å²) in [4.78, 5) is 15.7. The molecule has 2 aliphatic rings. The molecular formula is C14H21N3OS. The number of hydrogen-bond acceptors (Lipinski definition) is 3. The first kappa shape index (κ1) is 12.9. The van der Waals surface area contributed by atoms with E-state index in [9.17, 15) is 4.79 Å². The number of carbonyl (C=O) groups excluding carboxylic acids is 1. The van der Waals surface area contributed by atoms with E-state index in [1.165, 1.54) is 30.7 Å². The number of hydrogen-bond donors (Lipinski definition) is 2. The minimum absolute atomic E-state index is 0.0224. The molecule has 104 valence electrons. The van der Waals surface area contributed by atoms with Crippen LogP contribution in [0.25, 0.3) is 0 Å². The number of nitrogens with zero attached hydrogens (tertiary/aromatic N) is 1. The van der Waals surface area contributed by atoms with Crippen molar-refractivity contribution in [1.82, 2.24) is 15.5 Å². The lowest BCUT2D eigenvalue weighted by atomic mass is 9.99. The zero-order valence-electron chi connectivity index (χ0n) is 11.1. The molecule has 2 amide bonds. The van der Waals surface area contributed by atoms with Crippen LogP contribution in [0.15, 0.2) is 17.5 Å². The monoisotopic (exact) mass is 279 g/mol. The van der Waals surface area contributed by atoms with Crippen molar-refractivity contribution in [3.05, 3.63) is 22.4 Å². The van der Waals surface area contributed by atoms with Gasteiger partial charge >= 0.3 is 6.03 Å². The lowest BCUT2D eigenvalue weighted by Gasteiger charge is -2.32. The van der Waals surface area contributed by atoms with Crippen molar-refractivity contribution in [2.75, 3.05) is 13.1 Å². The Morgan fingerprint density at radius 2 is 2.32 bits per heavy atom. The summed E-state index contributed by atoms with van der Waals surface area (Å²) in [6.45, 7) is 2.98. The zero-order chi connectivity index (χ0) is 13.1. The quantitative estimate of drug-likeness (QED) is 0.890. The normalized spacial score (nSPS) is 26.9. The minimum atomic E-state index is -0.0224. The SMILES string of the molecule is O=C(NCc1cccs1)N[C@H]1CCN2CCCC[C@@H]12. The molecule has 3 rings (SSSR count). The van der Waals surface area contributed by atoms with Crippen LogP contribution in [0.2, 0.25) is 0 Å². The second-order valence-electron chi connectivity index (χ2n) is 5.40. The van der Waals surface area contributed by atoms with E-state index in [4.69, 9.17) is 0 Å². The largest absolute Gasteiger partial charge is 0.334 e. The highest BCUT2D eigenvalue weighted by Gasteiger charge is 2.36. The fourth-order valence-electron chi connectivity index (χ4n) is 3.22. The first-order valence-electron chi connectivity index (χ1n) is 7.14. The Morgan fingerprint density at radius 3 is 3.16 bits per heavy atom. The topological polar surface area (TPSA) is 44.4 Å². The second-order valence-corrected chi connectivity index (χ2v) is 6.43. The van der Waals surface area contributed by atoms with E-state index >= 15 is 0 Å². The van der Waals surface area contributed by atoms with E-state index in [0.29, 0.717) is 18.6 Å². The average molecular weight is 279 g/mol. The molecule has 19 heavy (non-hydrogen) atoms. The van der Waals surface area contributed by atoms with Crippen LogP contribution in [-0.2, 0) is 6.54 Å². The summed E-state index contributed by atoms with van der Waals surface area (Å²) in [6.07, 6.45) is 4.94. The van der Waals surface area contributed by atoms with E-state index in [0.717, 1.165) is 13.0 Å². The van der Waals surface area contributed by atoms with Gasteiger partial charge in [0, 0.05) is 23.5 Å². The number of amides is 2. The summed E-state index contributed by atoms with van der Waals surface area (Å²) >= 11 is 1.68. The molecule has 2 fully saturated rings. The summed E-state index contributed by atoms with van der Waals surface area (Å²) in [5.41, 5.74) is 0. The van der Waals surface area contributed by atoms with Crippen molar-refractivity contribution in [3.8, 4) is 0 Å². The first-order chi connectivity index (χ1) is 9.33. The Hall–Kier alpha value is -1.07. The molecule has 2 aliphatic heterocycles. The number of thiophene rings is 1. The smallest absolute Gasteiger partial charge is 0.315 e. The molecule has 5 heteroatoms. The van der Waals surface area contributed by atoms with Gasteiger partial charge in [-0.3, -0.25) is 4.90 Å². The average Bonchev–Trinajstić information content (AvgIpc) is 3.07. The minimum Gasteiger partial charge on any atom is -0.334 e. The molecule has 0 spiro atoms. The molecule has 1 aromatic heterocycles. The number of nitrogens with one attached hydrogen (secondary N) is 2. The van der Waals surface area contributed by atoms with Crippen LogP contribution >= 0.6 is 11.3 Å². The van der Waals surface area contributed by atoms with Crippen molar-refractivity contribution in [1.29, 1.82) is 0 Å². The zero-order valence-corrected chi connectivity index (χ0v) is 11.9. The highest BCUT2D eigenvalue weighted by molar-refractivity contribution is 7.09. The maximum absolute atomic E-state index is 11.9. The summed E-state index contributed by atoms with van der Waals surface area (Å²) < 4.78 is 0. The molecule has 0 unspecified atom stereocenters. The number of carbonyl (C=O) groups is 1. The second kappa shape index (κ2) is 5.92. The Bertz CT molecular complexity index is 420. The van der Waals surface area contributed by atoms with Crippen LogP contribution in [-0.4, -0.2) is 36.1 Å². The van der Waals surface area contributed by atoms with Gasteiger partial charge in [0.2, 0.25) is 0 Å². The van der Waals surface area contributed by atoms with Crippen molar-refractivity contribution in [2.24, 2.45) is 0 Å². The molecule has 2 N–H and O–H groups in total. The predicted octanol–water partition coefficient (Wildman–Crippen LogP) is 2.17. The third-order valence-corrected chi connectivity index (χ3v) is 5.05. The molecule has 3 heterocycles. The van der Waals surface area contributed by atoms with Crippen LogP contribution in [0.5, 0.6) is 0 Å². The molecule has 0 aliphatic carbocycles. The lowest BCUT2D eigenvalue weighted by molar-refractivity contribution is 0.179. The molecule has 0 bridgehead atoms. The molecule has 1 aromatic rings.